The van der Waals surface area contributed by atoms with E-state index in [1.54, 1.807) is 24.3 Å². The van der Waals surface area contributed by atoms with E-state index in [1.165, 1.54) is 0 Å². The van der Waals surface area contributed by atoms with Crippen LogP contribution in [0.2, 0.25) is 0 Å². The first kappa shape index (κ1) is 18.6. The molecule has 29 heavy (non-hydrogen) atoms. The number of nitrogens with one attached hydrogen (secondary N) is 1. The van der Waals surface area contributed by atoms with Gasteiger partial charge < -0.3 is 5.32 Å². The van der Waals surface area contributed by atoms with E-state index in [1.807, 2.05) is 48.9 Å². The highest BCUT2D eigenvalue weighted by Gasteiger charge is 2.36. The fraction of sp³-hybridized carbons (Fsp3) is 0.182. The molecular weight excluding hydrogens is 368 g/mol. The quantitative estimate of drug-likeness (QED) is 0.681. The lowest BCUT2D eigenvalue weighted by Crippen LogP contribution is -2.40. The standard InChI is InChI=1S/C22H20N4O3/c1-14-19(15(2)26(24-14)16-8-4-3-5-9-16)12-23-20(27)13-25-21(28)17-10-6-7-11-18(17)22(25)29/h3-11H,12-13H2,1-2H3,(H,23,27). The van der Waals surface area contributed by atoms with Crippen LogP contribution in [0.4, 0.5) is 0 Å². The number of imide groups is 1. The topological polar surface area (TPSA) is 84.3 Å². The van der Waals surface area contributed by atoms with E-state index in [9.17, 15) is 14.4 Å². The van der Waals surface area contributed by atoms with E-state index >= 15 is 0 Å². The predicted octanol–water partition coefficient (Wildman–Crippen LogP) is 2.40. The van der Waals surface area contributed by atoms with Gasteiger partial charge in [-0.1, -0.05) is 30.3 Å². The molecule has 1 aliphatic heterocycles. The maximum atomic E-state index is 12.4. The molecule has 4 rings (SSSR count). The molecule has 2 heterocycles. The number of amides is 3. The maximum Gasteiger partial charge on any atom is 0.262 e. The van der Waals surface area contributed by atoms with Crippen molar-refractivity contribution in [1.29, 1.82) is 0 Å². The van der Waals surface area contributed by atoms with Crippen LogP contribution in [-0.2, 0) is 11.3 Å². The molecule has 3 aromatic rings. The molecule has 0 aliphatic carbocycles. The van der Waals surface area contributed by atoms with Crippen LogP contribution in [0, 0.1) is 13.8 Å². The third kappa shape index (κ3) is 3.31. The van der Waals surface area contributed by atoms with Crippen molar-refractivity contribution in [3.63, 3.8) is 0 Å². The van der Waals surface area contributed by atoms with Gasteiger partial charge in [0, 0.05) is 17.8 Å². The molecule has 7 nitrogen and oxygen atoms in total. The number of carbonyl (C=O) groups excluding carboxylic acids is 3. The molecule has 0 bridgehead atoms. The van der Waals surface area contributed by atoms with Gasteiger partial charge in [0.1, 0.15) is 6.54 Å². The van der Waals surface area contributed by atoms with E-state index in [4.69, 9.17) is 0 Å². The lowest BCUT2D eigenvalue weighted by atomic mass is 10.1. The molecule has 1 aromatic heterocycles. The van der Waals surface area contributed by atoms with E-state index in [0.29, 0.717) is 11.1 Å². The lowest BCUT2D eigenvalue weighted by molar-refractivity contribution is -0.121. The van der Waals surface area contributed by atoms with Crippen LogP contribution in [0.3, 0.4) is 0 Å². The number of rotatable bonds is 5. The zero-order chi connectivity index (χ0) is 20.5. The number of hydrogen-bond acceptors (Lipinski definition) is 4. The normalized spacial score (nSPS) is 13.0. The molecule has 2 aromatic carbocycles. The summed E-state index contributed by atoms with van der Waals surface area (Å²) in [4.78, 5) is 38.2. The number of hydrogen-bond donors (Lipinski definition) is 1. The highest BCUT2D eigenvalue weighted by atomic mass is 16.2. The molecule has 1 N–H and O–H groups in total. The first-order valence-corrected chi connectivity index (χ1v) is 9.30. The number of carbonyl (C=O) groups is 3. The number of nitrogens with zero attached hydrogens (tertiary/aromatic N) is 3. The summed E-state index contributed by atoms with van der Waals surface area (Å²) in [6.07, 6.45) is 0. The van der Waals surface area contributed by atoms with E-state index in [2.05, 4.69) is 10.4 Å². The van der Waals surface area contributed by atoms with Crippen LogP contribution in [-0.4, -0.2) is 38.9 Å². The Bertz CT molecular complexity index is 1080. The number of aromatic nitrogens is 2. The molecule has 0 atom stereocenters. The fourth-order valence-electron chi connectivity index (χ4n) is 3.52. The number of para-hydroxylation sites is 1. The number of fused-ring (bicyclic) bond motifs is 1. The minimum atomic E-state index is -0.440. The van der Waals surface area contributed by atoms with Crippen molar-refractivity contribution in [2.24, 2.45) is 0 Å². The first-order valence-electron chi connectivity index (χ1n) is 9.30. The summed E-state index contributed by atoms with van der Waals surface area (Å²) >= 11 is 0. The lowest BCUT2D eigenvalue weighted by Gasteiger charge is -2.13. The Labute approximate surface area is 167 Å². The Morgan fingerprint density at radius 2 is 1.52 bits per heavy atom. The molecule has 0 radical (unpaired) electrons. The summed E-state index contributed by atoms with van der Waals surface area (Å²) in [5.74, 6) is -1.28. The third-order valence-electron chi connectivity index (χ3n) is 5.08. The van der Waals surface area contributed by atoms with Crippen LogP contribution in [0.1, 0.15) is 37.7 Å². The molecule has 7 heteroatoms. The van der Waals surface area contributed by atoms with Gasteiger partial charge in [-0.3, -0.25) is 19.3 Å². The van der Waals surface area contributed by atoms with Gasteiger partial charge in [0.05, 0.1) is 22.5 Å². The molecular formula is C22H20N4O3. The molecule has 0 spiro atoms. The number of benzene rings is 2. The van der Waals surface area contributed by atoms with Crippen LogP contribution < -0.4 is 5.32 Å². The summed E-state index contributed by atoms with van der Waals surface area (Å²) in [7, 11) is 0. The van der Waals surface area contributed by atoms with Crippen molar-refractivity contribution in [2.75, 3.05) is 6.54 Å². The minimum Gasteiger partial charge on any atom is -0.350 e. The van der Waals surface area contributed by atoms with Crippen LogP contribution in [0.25, 0.3) is 5.69 Å². The second kappa shape index (κ2) is 7.35. The van der Waals surface area contributed by atoms with Crippen molar-refractivity contribution < 1.29 is 14.4 Å². The van der Waals surface area contributed by atoms with E-state index in [-0.39, 0.29) is 13.1 Å². The average molecular weight is 388 g/mol. The smallest absolute Gasteiger partial charge is 0.262 e. The maximum absolute atomic E-state index is 12.4. The second-order valence-electron chi connectivity index (χ2n) is 6.92. The highest BCUT2D eigenvalue weighted by Crippen LogP contribution is 2.22. The Morgan fingerprint density at radius 3 is 2.14 bits per heavy atom. The summed E-state index contributed by atoms with van der Waals surface area (Å²) in [6, 6.07) is 16.3. The van der Waals surface area contributed by atoms with Crippen molar-refractivity contribution in [3.05, 3.63) is 82.7 Å². The second-order valence-corrected chi connectivity index (χ2v) is 6.92. The van der Waals surface area contributed by atoms with Crippen molar-refractivity contribution >= 4 is 17.7 Å². The van der Waals surface area contributed by atoms with Crippen molar-refractivity contribution in [3.8, 4) is 5.69 Å². The van der Waals surface area contributed by atoms with Gasteiger partial charge in [-0.15, -0.1) is 0 Å². The Hall–Kier alpha value is -3.74. The Morgan fingerprint density at radius 1 is 0.931 bits per heavy atom. The van der Waals surface area contributed by atoms with Gasteiger partial charge in [-0.2, -0.15) is 5.10 Å². The average Bonchev–Trinajstić information content (AvgIpc) is 3.15. The largest absolute Gasteiger partial charge is 0.350 e. The SMILES string of the molecule is Cc1nn(-c2ccccc2)c(C)c1CNC(=O)CN1C(=O)c2ccccc2C1=O. The predicted molar refractivity (Wildman–Crippen MR) is 107 cm³/mol. The Kier molecular flexibility index (Phi) is 4.72. The molecule has 0 saturated heterocycles. The van der Waals surface area contributed by atoms with Gasteiger partial charge in [0.25, 0.3) is 11.8 Å². The summed E-state index contributed by atoms with van der Waals surface area (Å²) in [5, 5.41) is 7.36. The molecule has 3 amide bonds. The molecule has 146 valence electrons. The van der Waals surface area contributed by atoms with Gasteiger partial charge in [0.15, 0.2) is 0 Å². The molecule has 0 unspecified atom stereocenters. The summed E-state index contributed by atoms with van der Waals surface area (Å²) in [6.45, 7) is 3.79. The zero-order valence-corrected chi connectivity index (χ0v) is 16.2. The van der Waals surface area contributed by atoms with Gasteiger partial charge >= 0.3 is 0 Å². The van der Waals surface area contributed by atoms with Gasteiger partial charge in [0.2, 0.25) is 5.91 Å². The first-order chi connectivity index (χ1) is 14.0. The fourth-order valence-corrected chi connectivity index (χ4v) is 3.52. The van der Waals surface area contributed by atoms with Gasteiger partial charge in [-0.05, 0) is 38.1 Å². The molecule has 1 aliphatic rings. The third-order valence-corrected chi connectivity index (χ3v) is 5.08. The van der Waals surface area contributed by atoms with E-state index < -0.39 is 17.7 Å². The number of aryl methyl sites for hydroxylation is 1. The monoisotopic (exact) mass is 388 g/mol. The summed E-state index contributed by atoms with van der Waals surface area (Å²) < 4.78 is 1.83. The summed E-state index contributed by atoms with van der Waals surface area (Å²) in [5.41, 5.74) is 4.26. The van der Waals surface area contributed by atoms with E-state index in [0.717, 1.165) is 27.5 Å². The molecule has 0 saturated carbocycles. The van der Waals surface area contributed by atoms with Crippen LogP contribution in [0.15, 0.2) is 54.6 Å². The van der Waals surface area contributed by atoms with Crippen LogP contribution >= 0.6 is 0 Å². The van der Waals surface area contributed by atoms with Gasteiger partial charge in [-0.25, -0.2) is 4.68 Å². The highest BCUT2D eigenvalue weighted by molar-refractivity contribution is 6.22. The van der Waals surface area contributed by atoms with Crippen molar-refractivity contribution in [1.82, 2.24) is 20.0 Å². The Balaban J connectivity index is 1.44. The van der Waals surface area contributed by atoms with Crippen LogP contribution in [0.5, 0.6) is 0 Å². The minimum absolute atomic E-state index is 0.270. The zero-order valence-electron chi connectivity index (χ0n) is 16.2. The molecule has 0 fully saturated rings. The van der Waals surface area contributed by atoms with Crippen molar-refractivity contribution in [2.45, 2.75) is 20.4 Å².